The summed E-state index contributed by atoms with van der Waals surface area (Å²) in [5.41, 5.74) is 4.36. The molecule has 0 unspecified atom stereocenters. The highest BCUT2D eigenvalue weighted by Crippen LogP contribution is 2.27. The van der Waals surface area contributed by atoms with Crippen LogP contribution in [0.5, 0.6) is 5.75 Å². The highest BCUT2D eigenvalue weighted by molar-refractivity contribution is 7.16. The van der Waals surface area contributed by atoms with Gasteiger partial charge in [0.25, 0.3) is 5.91 Å². The van der Waals surface area contributed by atoms with Crippen molar-refractivity contribution in [3.63, 3.8) is 0 Å². The molecule has 4 rings (SSSR count). The van der Waals surface area contributed by atoms with Crippen LogP contribution in [-0.4, -0.2) is 17.6 Å². The highest BCUT2D eigenvalue weighted by atomic mass is 32.1. The van der Waals surface area contributed by atoms with E-state index in [1.165, 1.54) is 35.3 Å². The number of rotatable bonds is 3. The van der Waals surface area contributed by atoms with Gasteiger partial charge in [0.05, 0.1) is 11.8 Å². The minimum Gasteiger partial charge on any atom is -0.495 e. The molecular formula is C21H22N2O2S. The molecule has 0 N–H and O–H groups in total. The van der Waals surface area contributed by atoms with Crippen molar-refractivity contribution in [2.75, 3.05) is 7.11 Å². The molecule has 1 heterocycles. The van der Waals surface area contributed by atoms with Crippen LogP contribution >= 0.6 is 11.3 Å². The molecule has 0 atom stereocenters. The van der Waals surface area contributed by atoms with Gasteiger partial charge in [-0.15, -0.1) is 0 Å². The molecule has 4 nitrogen and oxygen atoms in total. The van der Waals surface area contributed by atoms with Crippen LogP contribution in [0.4, 0.5) is 0 Å². The van der Waals surface area contributed by atoms with Crippen molar-refractivity contribution < 1.29 is 9.53 Å². The minimum atomic E-state index is -0.175. The van der Waals surface area contributed by atoms with Gasteiger partial charge in [0.2, 0.25) is 0 Å². The maximum atomic E-state index is 12.8. The topological polar surface area (TPSA) is 43.6 Å². The van der Waals surface area contributed by atoms with Crippen molar-refractivity contribution in [3.8, 4) is 5.75 Å². The van der Waals surface area contributed by atoms with Gasteiger partial charge in [-0.1, -0.05) is 23.5 Å². The number of hydrogen-bond acceptors (Lipinski definition) is 3. The second-order valence-corrected chi connectivity index (χ2v) is 7.55. The Balaban J connectivity index is 1.79. The summed E-state index contributed by atoms with van der Waals surface area (Å²) < 4.78 is 8.62. The zero-order valence-corrected chi connectivity index (χ0v) is 15.9. The third kappa shape index (κ3) is 2.97. The first kappa shape index (κ1) is 17.0. The minimum absolute atomic E-state index is 0.175. The number of hydrogen-bond donors (Lipinski definition) is 0. The van der Waals surface area contributed by atoms with Crippen LogP contribution in [0.15, 0.2) is 41.4 Å². The van der Waals surface area contributed by atoms with E-state index in [-0.39, 0.29) is 5.91 Å². The fourth-order valence-corrected chi connectivity index (χ4v) is 4.77. The molecular weight excluding hydrogens is 344 g/mol. The number of thiazole rings is 1. The fourth-order valence-electron chi connectivity index (χ4n) is 3.66. The van der Waals surface area contributed by atoms with Crippen LogP contribution in [0.2, 0.25) is 0 Å². The number of aromatic nitrogens is 1. The molecule has 2 aromatic carbocycles. The molecule has 1 aliphatic carbocycles. The molecule has 0 radical (unpaired) electrons. The second-order valence-electron chi connectivity index (χ2n) is 6.54. The number of para-hydroxylation sites is 1. The Hall–Kier alpha value is -2.40. The first-order valence-electron chi connectivity index (χ1n) is 9.08. The Morgan fingerprint density at radius 2 is 2.00 bits per heavy atom. The number of nitrogens with zero attached hydrogens (tertiary/aromatic N) is 2. The Morgan fingerprint density at radius 1 is 1.19 bits per heavy atom. The van der Waals surface area contributed by atoms with E-state index in [0.29, 0.717) is 5.56 Å². The standard InChI is InChI=1S/C21H22N2O2S/c1-3-23-19-17(25-2)9-6-10-18(19)26-21(23)22-20(24)16-12-11-14-7-4-5-8-15(14)13-16/h6,9-13H,3-5,7-8H2,1-2H3. The van der Waals surface area contributed by atoms with E-state index in [0.717, 1.165) is 40.2 Å². The van der Waals surface area contributed by atoms with E-state index in [2.05, 4.69) is 22.5 Å². The Bertz CT molecular complexity index is 1050. The van der Waals surface area contributed by atoms with Gasteiger partial charge in [-0.05, 0) is 68.0 Å². The highest BCUT2D eigenvalue weighted by Gasteiger charge is 2.14. The van der Waals surface area contributed by atoms with Crippen molar-refractivity contribution in [1.82, 2.24) is 4.57 Å². The molecule has 0 saturated heterocycles. The Labute approximate surface area is 156 Å². The van der Waals surface area contributed by atoms with Crippen molar-refractivity contribution in [1.29, 1.82) is 0 Å². The van der Waals surface area contributed by atoms with Gasteiger partial charge in [0, 0.05) is 12.1 Å². The molecule has 5 heteroatoms. The largest absolute Gasteiger partial charge is 0.495 e. The zero-order chi connectivity index (χ0) is 18.1. The van der Waals surface area contributed by atoms with Gasteiger partial charge in [0.1, 0.15) is 11.3 Å². The van der Waals surface area contributed by atoms with Gasteiger partial charge in [-0.3, -0.25) is 4.79 Å². The number of benzene rings is 2. The van der Waals surface area contributed by atoms with Gasteiger partial charge in [-0.2, -0.15) is 4.99 Å². The third-order valence-corrected chi connectivity index (χ3v) is 6.04. The summed E-state index contributed by atoms with van der Waals surface area (Å²) in [6.45, 7) is 2.79. The molecule has 134 valence electrons. The number of carbonyl (C=O) groups excluding carboxylic acids is 1. The van der Waals surface area contributed by atoms with E-state index in [9.17, 15) is 4.79 Å². The molecule has 0 spiro atoms. The maximum Gasteiger partial charge on any atom is 0.279 e. The predicted octanol–water partition coefficient (Wildman–Crippen LogP) is 4.35. The molecule has 3 aromatic rings. The van der Waals surface area contributed by atoms with Crippen molar-refractivity contribution >= 4 is 27.5 Å². The fraction of sp³-hybridized carbons (Fsp3) is 0.333. The average Bonchev–Trinajstić information content (AvgIpc) is 3.04. The summed E-state index contributed by atoms with van der Waals surface area (Å²) >= 11 is 1.53. The molecule has 0 aliphatic heterocycles. The second kappa shape index (κ2) is 7.08. The average molecular weight is 366 g/mol. The Kier molecular flexibility index (Phi) is 4.64. The van der Waals surface area contributed by atoms with Crippen molar-refractivity contribution in [3.05, 3.63) is 57.9 Å². The third-order valence-electron chi connectivity index (χ3n) is 4.99. The van der Waals surface area contributed by atoms with E-state index in [4.69, 9.17) is 4.74 Å². The lowest BCUT2D eigenvalue weighted by atomic mass is 9.90. The number of aryl methyl sites for hydroxylation is 3. The van der Waals surface area contributed by atoms with E-state index >= 15 is 0 Å². The summed E-state index contributed by atoms with van der Waals surface area (Å²) in [6, 6.07) is 12.0. The summed E-state index contributed by atoms with van der Waals surface area (Å²) in [4.78, 5) is 18.0. The summed E-state index contributed by atoms with van der Waals surface area (Å²) in [5, 5.41) is 0. The van der Waals surface area contributed by atoms with Gasteiger partial charge in [-0.25, -0.2) is 0 Å². The van der Waals surface area contributed by atoms with Crippen LogP contribution in [0.25, 0.3) is 10.2 Å². The van der Waals surface area contributed by atoms with Crippen molar-refractivity contribution in [2.24, 2.45) is 4.99 Å². The van der Waals surface area contributed by atoms with E-state index in [1.807, 2.05) is 30.3 Å². The van der Waals surface area contributed by atoms with Crippen LogP contribution in [0.1, 0.15) is 41.3 Å². The van der Waals surface area contributed by atoms with Crippen LogP contribution in [0.3, 0.4) is 0 Å². The smallest absolute Gasteiger partial charge is 0.279 e. The molecule has 1 aliphatic rings. The maximum absolute atomic E-state index is 12.8. The normalized spacial score (nSPS) is 14.5. The van der Waals surface area contributed by atoms with Gasteiger partial charge < -0.3 is 9.30 Å². The first-order valence-corrected chi connectivity index (χ1v) is 9.90. The quantitative estimate of drug-likeness (QED) is 0.692. The summed E-state index contributed by atoms with van der Waals surface area (Å²) in [5.74, 6) is 0.634. The number of fused-ring (bicyclic) bond motifs is 2. The predicted molar refractivity (Wildman–Crippen MR) is 105 cm³/mol. The summed E-state index contributed by atoms with van der Waals surface area (Å²) in [6.07, 6.45) is 4.62. The summed E-state index contributed by atoms with van der Waals surface area (Å²) in [7, 11) is 1.67. The Morgan fingerprint density at radius 3 is 2.77 bits per heavy atom. The van der Waals surface area contributed by atoms with Gasteiger partial charge in [0.15, 0.2) is 4.80 Å². The number of amides is 1. The van der Waals surface area contributed by atoms with Crippen LogP contribution in [-0.2, 0) is 19.4 Å². The van der Waals surface area contributed by atoms with Crippen LogP contribution < -0.4 is 9.54 Å². The van der Waals surface area contributed by atoms with Gasteiger partial charge >= 0.3 is 0 Å². The van der Waals surface area contributed by atoms with E-state index < -0.39 is 0 Å². The molecule has 0 fully saturated rings. The molecule has 1 aromatic heterocycles. The lowest BCUT2D eigenvalue weighted by Crippen LogP contribution is -2.16. The number of methoxy groups -OCH3 is 1. The SMILES string of the molecule is CCn1c(=NC(=O)c2ccc3c(c2)CCCC3)sc2cccc(OC)c21. The molecule has 0 bridgehead atoms. The first-order chi connectivity index (χ1) is 12.7. The monoisotopic (exact) mass is 366 g/mol. The number of ether oxygens (including phenoxy) is 1. The zero-order valence-electron chi connectivity index (χ0n) is 15.1. The van der Waals surface area contributed by atoms with E-state index in [1.54, 1.807) is 7.11 Å². The number of carbonyl (C=O) groups is 1. The molecule has 1 amide bonds. The molecule has 0 saturated carbocycles. The van der Waals surface area contributed by atoms with Crippen molar-refractivity contribution in [2.45, 2.75) is 39.2 Å². The molecule has 26 heavy (non-hydrogen) atoms. The lowest BCUT2D eigenvalue weighted by Gasteiger charge is -2.15. The lowest BCUT2D eigenvalue weighted by molar-refractivity contribution is 0.0997. The van der Waals surface area contributed by atoms with Crippen LogP contribution in [0, 0.1) is 0 Å².